The Morgan fingerprint density at radius 1 is 1.61 bits per heavy atom. The standard InChI is InChI=1S/C12H21BrN4O/c1-9(7-14)6-11(18)12-10(13)8-15-17(12)5-4-16(2)3/h8-9H,4-7,14H2,1-3H3. The highest BCUT2D eigenvalue weighted by molar-refractivity contribution is 9.10. The van der Waals surface area contributed by atoms with Gasteiger partial charge in [-0.3, -0.25) is 9.48 Å². The van der Waals surface area contributed by atoms with Crippen LogP contribution in [0.1, 0.15) is 23.8 Å². The van der Waals surface area contributed by atoms with E-state index >= 15 is 0 Å². The predicted octanol–water partition coefficient (Wildman–Crippen LogP) is 1.37. The number of nitrogens with zero attached hydrogens (tertiary/aromatic N) is 3. The zero-order chi connectivity index (χ0) is 13.7. The predicted molar refractivity (Wildman–Crippen MR) is 75.6 cm³/mol. The van der Waals surface area contributed by atoms with Crippen LogP contribution in [0.25, 0.3) is 0 Å². The van der Waals surface area contributed by atoms with Gasteiger partial charge in [-0.25, -0.2) is 0 Å². The monoisotopic (exact) mass is 316 g/mol. The molecule has 1 aromatic heterocycles. The van der Waals surface area contributed by atoms with E-state index < -0.39 is 0 Å². The van der Waals surface area contributed by atoms with Gasteiger partial charge in [0.1, 0.15) is 5.69 Å². The van der Waals surface area contributed by atoms with Gasteiger partial charge in [-0.2, -0.15) is 5.10 Å². The summed E-state index contributed by atoms with van der Waals surface area (Å²) < 4.78 is 2.52. The first-order chi connectivity index (χ1) is 8.45. The number of nitrogens with two attached hydrogens (primary N) is 1. The SMILES string of the molecule is CC(CN)CC(=O)c1c(Br)cnn1CCN(C)C. The first-order valence-electron chi connectivity index (χ1n) is 6.05. The van der Waals surface area contributed by atoms with E-state index in [9.17, 15) is 4.79 Å². The van der Waals surface area contributed by atoms with Crippen molar-refractivity contribution in [3.8, 4) is 0 Å². The van der Waals surface area contributed by atoms with Crippen LogP contribution in [0.5, 0.6) is 0 Å². The van der Waals surface area contributed by atoms with Gasteiger partial charge in [0, 0.05) is 13.0 Å². The minimum absolute atomic E-state index is 0.0936. The fourth-order valence-corrected chi connectivity index (χ4v) is 2.12. The topological polar surface area (TPSA) is 64.2 Å². The molecule has 1 rings (SSSR count). The zero-order valence-electron chi connectivity index (χ0n) is 11.2. The maximum absolute atomic E-state index is 12.2. The second-order valence-corrected chi connectivity index (χ2v) is 5.69. The first-order valence-corrected chi connectivity index (χ1v) is 6.84. The zero-order valence-corrected chi connectivity index (χ0v) is 12.8. The third kappa shape index (κ3) is 4.19. The average Bonchev–Trinajstić information content (AvgIpc) is 2.67. The third-order valence-electron chi connectivity index (χ3n) is 2.75. The molecule has 0 saturated carbocycles. The fourth-order valence-electron chi connectivity index (χ4n) is 1.60. The molecule has 0 spiro atoms. The van der Waals surface area contributed by atoms with E-state index in [0.717, 1.165) is 11.0 Å². The van der Waals surface area contributed by atoms with Gasteiger partial charge in [0.15, 0.2) is 5.78 Å². The van der Waals surface area contributed by atoms with Crippen molar-refractivity contribution in [1.29, 1.82) is 0 Å². The summed E-state index contributed by atoms with van der Waals surface area (Å²) in [7, 11) is 3.99. The lowest BCUT2D eigenvalue weighted by Gasteiger charge is -2.13. The second kappa shape index (κ2) is 7.01. The minimum atomic E-state index is 0.0936. The van der Waals surface area contributed by atoms with Gasteiger partial charge in [0.2, 0.25) is 0 Å². The van der Waals surface area contributed by atoms with Crippen molar-refractivity contribution >= 4 is 21.7 Å². The molecule has 18 heavy (non-hydrogen) atoms. The van der Waals surface area contributed by atoms with Crippen LogP contribution < -0.4 is 5.73 Å². The van der Waals surface area contributed by atoms with Crippen LogP contribution in [0.3, 0.4) is 0 Å². The summed E-state index contributed by atoms with van der Waals surface area (Å²) in [4.78, 5) is 14.3. The Bertz CT molecular complexity index is 403. The molecule has 0 saturated heterocycles. The average molecular weight is 317 g/mol. The van der Waals surface area contributed by atoms with E-state index in [0.29, 0.717) is 25.2 Å². The number of likely N-dealkylation sites (N-methyl/N-ethyl adjacent to an activating group) is 1. The van der Waals surface area contributed by atoms with E-state index in [1.54, 1.807) is 10.9 Å². The van der Waals surface area contributed by atoms with E-state index in [1.165, 1.54) is 0 Å². The molecular weight excluding hydrogens is 296 g/mol. The summed E-state index contributed by atoms with van der Waals surface area (Å²) >= 11 is 3.39. The van der Waals surface area contributed by atoms with E-state index in [1.807, 2.05) is 21.0 Å². The maximum atomic E-state index is 12.2. The molecule has 1 unspecified atom stereocenters. The number of rotatable bonds is 7. The van der Waals surface area contributed by atoms with Crippen LogP contribution in [0.4, 0.5) is 0 Å². The number of aromatic nitrogens is 2. The Hall–Kier alpha value is -0.720. The molecule has 0 aromatic carbocycles. The number of carbonyl (C=O) groups is 1. The Labute approximate surface area is 116 Å². The van der Waals surface area contributed by atoms with Crippen LogP contribution in [-0.2, 0) is 6.54 Å². The highest BCUT2D eigenvalue weighted by Gasteiger charge is 2.18. The van der Waals surface area contributed by atoms with Crippen LogP contribution in [0.15, 0.2) is 10.7 Å². The lowest BCUT2D eigenvalue weighted by molar-refractivity contribution is 0.0953. The molecule has 0 amide bonds. The van der Waals surface area contributed by atoms with Crippen molar-refractivity contribution in [2.75, 3.05) is 27.2 Å². The molecule has 0 radical (unpaired) electrons. The molecule has 1 atom stereocenters. The molecule has 0 aliphatic heterocycles. The Morgan fingerprint density at radius 3 is 2.83 bits per heavy atom. The molecule has 1 heterocycles. The van der Waals surface area contributed by atoms with Gasteiger partial charge >= 0.3 is 0 Å². The molecule has 5 nitrogen and oxygen atoms in total. The maximum Gasteiger partial charge on any atom is 0.182 e. The van der Waals surface area contributed by atoms with Gasteiger partial charge < -0.3 is 10.6 Å². The van der Waals surface area contributed by atoms with Gasteiger partial charge in [0.25, 0.3) is 0 Å². The highest BCUT2D eigenvalue weighted by Crippen LogP contribution is 2.19. The molecule has 6 heteroatoms. The number of halogens is 1. The summed E-state index contributed by atoms with van der Waals surface area (Å²) in [5.41, 5.74) is 6.21. The van der Waals surface area contributed by atoms with Gasteiger partial charge in [-0.15, -0.1) is 0 Å². The normalized spacial score (nSPS) is 13.0. The fraction of sp³-hybridized carbons (Fsp3) is 0.667. The number of Topliss-reactive ketones (excluding diaryl/α,β-unsaturated/α-hetero) is 1. The van der Waals surface area contributed by atoms with Crippen molar-refractivity contribution in [3.63, 3.8) is 0 Å². The van der Waals surface area contributed by atoms with Crippen molar-refractivity contribution in [2.45, 2.75) is 19.9 Å². The molecule has 0 aliphatic rings. The second-order valence-electron chi connectivity index (χ2n) is 4.84. The lowest BCUT2D eigenvalue weighted by atomic mass is 10.0. The summed E-state index contributed by atoms with van der Waals surface area (Å²) in [6.45, 7) is 4.05. The number of hydrogen-bond donors (Lipinski definition) is 1. The van der Waals surface area contributed by atoms with Crippen molar-refractivity contribution in [1.82, 2.24) is 14.7 Å². The Morgan fingerprint density at radius 2 is 2.28 bits per heavy atom. The summed E-state index contributed by atoms with van der Waals surface area (Å²) in [6.07, 6.45) is 2.14. The quantitative estimate of drug-likeness (QED) is 0.772. The van der Waals surface area contributed by atoms with Gasteiger partial charge in [-0.1, -0.05) is 6.92 Å². The van der Waals surface area contributed by atoms with Crippen LogP contribution in [0, 0.1) is 5.92 Å². The smallest absolute Gasteiger partial charge is 0.182 e. The molecule has 2 N–H and O–H groups in total. The molecule has 0 bridgehead atoms. The summed E-state index contributed by atoms with van der Waals surface area (Å²) in [5.74, 6) is 0.290. The molecule has 0 fully saturated rings. The van der Waals surface area contributed by atoms with Crippen LogP contribution >= 0.6 is 15.9 Å². The van der Waals surface area contributed by atoms with Gasteiger partial charge in [0.05, 0.1) is 17.2 Å². The first kappa shape index (κ1) is 15.3. The number of hydrogen-bond acceptors (Lipinski definition) is 4. The molecule has 1 aromatic rings. The molecule has 102 valence electrons. The highest BCUT2D eigenvalue weighted by atomic mass is 79.9. The minimum Gasteiger partial charge on any atom is -0.330 e. The number of carbonyl (C=O) groups excluding carboxylic acids is 1. The molecule has 0 aliphatic carbocycles. The van der Waals surface area contributed by atoms with Crippen LogP contribution in [-0.4, -0.2) is 47.6 Å². The Kier molecular flexibility index (Phi) is 5.98. The summed E-state index contributed by atoms with van der Waals surface area (Å²) in [5, 5.41) is 4.23. The molecular formula is C12H21BrN4O. The van der Waals surface area contributed by atoms with E-state index in [-0.39, 0.29) is 11.7 Å². The van der Waals surface area contributed by atoms with Crippen molar-refractivity contribution in [3.05, 3.63) is 16.4 Å². The van der Waals surface area contributed by atoms with E-state index in [2.05, 4.69) is 25.9 Å². The summed E-state index contributed by atoms with van der Waals surface area (Å²) in [6, 6.07) is 0. The largest absolute Gasteiger partial charge is 0.330 e. The van der Waals surface area contributed by atoms with Crippen LogP contribution in [0.2, 0.25) is 0 Å². The van der Waals surface area contributed by atoms with E-state index in [4.69, 9.17) is 5.73 Å². The van der Waals surface area contributed by atoms with Crippen molar-refractivity contribution in [2.24, 2.45) is 11.7 Å². The Balaban J connectivity index is 2.80. The van der Waals surface area contributed by atoms with Gasteiger partial charge in [-0.05, 0) is 42.5 Å². The number of ketones is 1. The van der Waals surface area contributed by atoms with Crippen molar-refractivity contribution < 1.29 is 4.79 Å². The lowest BCUT2D eigenvalue weighted by Crippen LogP contribution is -2.23. The third-order valence-corrected chi connectivity index (χ3v) is 3.33.